The second-order valence-electron chi connectivity index (χ2n) is 5.25. The van der Waals surface area contributed by atoms with Crippen molar-refractivity contribution in [3.8, 4) is 0 Å². The van der Waals surface area contributed by atoms with Gasteiger partial charge in [0.25, 0.3) is 0 Å². The molecule has 3 heteroatoms. The Hall–Kier alpha value is -1.09. The van der Waals surface area contributed by atoms with Gasteiger partial charge in [0, 0.05) is 17.8 Å². The third-order valence-electron chi connectivity index (χ3n) is 3.71. The summed E-state index contributed by atoms with van der Waals surface area (Å²) in [5.41, 5.74) is 8.17. The van der Waals surface area contributed by atoms with Crippen LogP contribution in [0.2, 0.25) is 0 Å². The third kappa shape index (κ3) is 2.60. The van der Waals surface area contributed by atoms with Gasteiger partial charge in [-0.2, -0.15) is 0 Å². The normalized spacial score (nSPS) is 22.0. The highest BCUT2D eigenvalue weighted by Crippen LogP contribution is 2.33. The van der Waals surface area contributed by atoms with E-state index in [-0.39, 0.29) is 0 Å². The molecule has 1 aliphatic rings. The lowest BCUT2D eigenvalue weighted by atomic mass is 9.93. The molecule has 1 fully saturated rings. The van der Waals surface area contributed by atoms with Crippen LogP contribution in [0, 0.1) is 6.92 Å². The Morgan fingerprint density at radius 2 is 2.12 bits per heavy atom. The van der Waals surface area contributed by atoms with E-state index in [4.69, 9.17) is 5.73 Å². The molecule has 2 heterocycles. The van der Waals surface area contributed by atoms with E-state index in [0.717, 1.165) is 5.69 Å². The first-order valence-electron chi connectivity index (χ1n) is 6.58. The van der Waals surface area contributed by atoms with Crippen molar-refractivity contribution >= 4 is 5.82 Å². The molecule has 0 spiro atoms. The minimum Gasteiger partial charge on any atom is -0.384 e. The second-order valence-corrected chi connectivity index (χ2v) is 5.25. The number of nitrogens with zero attached hydrogens (tertiary/aromatic N) is 2. The monoisotopic (exact) mass is 233 g/mol. The summed E-state index contributed by atoms with van der Waals surface area (Å²) in [6.07, 6.45) is 3.87. The molecule has 2 rings (SSSR count). The Labute approximate surface area is 104 Å². The summed E-state index contributed by atoms with van der Waals surface area (Å²) >= 11 is 0. The Bertz CT molecular complexity index is 387. The molecular weight excluding hydrogens is 210 g/mol. The van der Waals surface area contributed by atoms with Crippen molar-refractivity contribution in [3.05, 3.63) is 23.4 Å². The fraction of sp³-hybridized carbons (Fsp3) is 0.643. The molecule has 1 aliphatic heterocycles. The van der Waals surface area contributed by atoms with E-state index in [1.807, 2.05) is 6.07 Å². The van der Waals surface area contributed by atoms with Crippen molar-refractivity contribution in [2.75, 3.05) is 12.3 Å². The fourth-order valence-electron chi connectivity index (χ4n) is 2.85. The van der Waals surface area contributed by atoms with Gasteiger partial charge >= 0.3 is 0 Å². The van der Waals surface area contributed by atoms with Crippen molar-refractivity contribution in [1.29, 1.82) is 0 Å². The molecule has 1 aromatic heterocycles. The fourth-order valence-corrected chi connectivity index (χ4v) is 2.85. The first-order valence-corrected chi connectivity index (χ1v) is 6.58. The number of nitrogens with two attached hydrogens (primary N) is 1. The van der Waals surface area contributed by atoms with Gasteiger partial charge in [-0.05, 0) is 51.8 Å². The first-order chi connectivity index (χ1) is 8.09. The van der Waals surface area contributed by atoms with Crippen molar-refractivity contribution < 1.29 is 0 Å². The molecule has 0 unspecified atom stereocenters. The van der Waals surface area contributed by atoms with Gasteiger partial charge in [0.15, 0.2) is 0 Å². The first kappa shape index (κ1) is 12.4. The maximum Gasteiger partial charge on any atom is 0.123 e. The molecule has 0 radical (unpaired) electrons. The molecule has 0 aromatic carbocycles. The highest BCUT2D eigenvalue weighted by molar-refractivity contribution is 5.35. The summed E-state index contributed by atoms with van der Waals surface area (Å²) in [5, 5.41) is 0. The molecule has 17 heavy (non-hydrogen) atoms. The van der Waals surface area contributed by atoms with E-state index in [1.165, 1.54) is 31.4 Å². The van der Waals surface area contributed by atoms with Gasteiger partial charge in [-0.15, -0.1) is 0 Å². The number of anilines is 1. The summed E-state index contributed by atoms with van der Waals surface area (Å²) in [6.45, 7) is 7.82. The van der Waals surface area contributed by atoms with E-state index < -0.39 is 0 Å². The minimum absolute atomic E-state index is 0.525. The number of hydrogen-bond acceptors (Lipinski definition) is 3. The van der Waals surface area contributed by atoms with Crippen LogP contribution in [0.1, 0.15) is 50.4 Å². The summed E-state index contributed by atoms with van der Waals surface area (Å²) in [6, 6.07) is 5.20. The Kier molecular flexibility index (Phi) is 3.67. The number of nitrogen functional groups attached to an aromatic ring is 1. The van der Waals surface area contributed by atoms with Crippen molar-refractivity contribution in [1.82, 2.24) is 9.88 Å². The summed E-state index contributed by atoms with van der Waals surface area (Å²) in [4.78, 5) is 6.98. The predicted molar refractivity (Wildman–Crippen MR) is 71.8 cm³/mol. The van der Waals surface area contributed by atoms with E-state index in [9.17, 15) is 0 Å². The van der Waals surface area contributed by atoms with Gasteiger partial charge in [0.05, 0.1) is 0 Å². The summed E-state index contributed by atoms with van der Waals surface area (Å²) in [5.74, 6) is 0.623. The highest BCUT2D eigenvalue weighted by atomic mass is 15.2. The van der Waals surface area contributed by atoms with Gasteiger partial charge in [-0.25, -0.2) is 4.98 Å². The number of aryl methyl sites for hydroxylation is 1. The quantitative estimate of drug-likeness (QED) is 0.854. The maximum absolute atomic E-state index is 5.73. The van der Waals surface area contributed by atoms with Crippen LogP contribution in [-0.4, -0.2) is 22.5 Å². The molecule has 3 nitrogen and oxygen atoms in total. The molecule has 0 bridgehead atoms. The second kappa shape index (κ2) is 5.05. The standard InChI is InChI=1S/C14H23N3/c1-10(2)17-9-5-4-6-13(17)12-7-8-14(15)16-11(12)3/h7-8,10,13H,4-6,9H2,1-3H3,(H2,15,16)/t13-/m1/s1. The van der Waals surface area contributed by atoms with Gasteiger partial charge in [0.2, 0.25) is 0 Å². The van der Waals surface area contributed by atoms with Crippen LogP contribution in [0.4, 0.5) is 5.82 Å². The van der Waals surface area contributed by atoms with Crippen LogP contribution < -0.4 is 5.73 Å². The van der Waals surface area contributed by atoms with E-state index in [0.29, 0.717) is 17.9 Å². The van der Waals surface area contributed by atoms with Crippen molar-refractivity contribution in [2.24, 2.45) is 0 Å². The van der Waals surface area contributed by atoms with Gasteiger partial charge in [0.1, 0.15) is 5.82 Å². The zero-order valence-corrected chi connectivity index (χ0v) is 11.1. The number of aromatic nitrogens is 1. The van der Waals surface area contributed by atoms with E-state index in [2.05, 4.69) is 36.7 Å². The highest BCUT2D eigenvalue weighted by Gasteiger charge is 2.27. The van der Waals surface area contributed by atoms with Crippen LogP contribution in [0.5, 0.6) is 0 Å². The zero-order chi connectivity index (χ0) is 12.4. The van der Waals surface area contributed by atoms with Crippen LogP contribution in [0.25, 0.3) is 0 Å². The minimum atomic E-state index is 0.525. The van der Waals surface area contributed by atoms with Gasteiger partial charge in [-0.1, -0.05) is 12.5 Å². The maximum atomic E-state index is 5.73. The molecule has 0 aliphatic carbocycles. The van der Waals surface area contributed by atoms with Crippen molar-refractivity contribution in [2.45, 2.75) is 52.1 Å². The molecule has 1 saturated heterocycles. The average molecular weight is 233 g/mol. The molecule has 2 N–H and O–H groups in total. The lowest BCUT2D eigenvalue weighted by Crippen LogP contribution is -2.38. The lowest BCUT2D eigenvalue weighted by Gasteiger charge is -2.39. The topological polar surface area (TPSA) is 42.1 Å². The Balaban J connectivity index is 2.29. The predicted octanol–water partition coefficient (Wildman–Crippen LogP) is 2.91. The number of pyridine rings is 1. The number of likely N-dealkylation sites (tertiary alicyclic amines) is 1. The molecule has 0 amide bonds. The Morgan fingerprint density at radius 3 is 2.76 bits per heavy atom. The van der Waals surface area contributed by atoms with Crippen LogP contribution >= 0.6 is 0 Å². The number of hydrogen-bond donors (Lipinski definition) is 1. The van der Waals surface area contributed by atoms with E-state index in [1.54, 1.807) is 0 Å². The molecule has 1 aromatic rings. The Morgan fingerprint density at radius 1 is 1.35 bits per heavy atom. The summed E-state index contributed by atoms with van der Waals surface area (Å²) < 4.78 is 0. The molecule has 94 valence electrons. The number of rotatable bonds is 2. The lowest BCUT2D eigenvalue weighted by molar-refractivity contribution is 0.111. The van der Waals surface area contributed by atoms with E-state index >= 15 is 0 Å². The molecular formula is C14H23N3. The van der Waals surface area contributed by atoms with Crippen LogP contribution in [0.15, 0.2) is 12.1 Å². The molecule has 1 atom stereocenters. The van der Waals surface area contributed by atoms with Gasteiger partial charge in [-0.3, -0.25) is 4.90 Å². The third-order valence-corrected chi connectivity index (χ3v) is 3.71. The van der Waals surface area contributed by atoms with Crippen LogP contribution in [-0.2, 0) is 0 Å². The average Bonchev–Trinajstić information content (AvgIpc) is 2.29. The molecule has 0 saturated carbocycles. The van der Waals surface area contributed by atoms with Crippen LogP contribution in [0.3, 0.4) is 0 Å². The van der Waals surface area contributed by atoms with Crippen molar-refractivity contribution in [3.63, 3.8) is 0 Å². The number of piperidine rings is 1. The zero-order valence-electron chi connectivity index (χ0n) is 11.1. The van der Waals surface area contributed by atoms with Gasteiger partial charge < -0.3 is 5.73 Å². The SMILES string of the molecule is Cc1nc(N)ccc1[C@H]1CCCCN1C(C)C. The summed E-state index contributed by atoms with van der Waals surface area (Å²) in [7, 11) is 0. The largest absolute Gasteiger partial charge is 0.384 e. The smallest absolute Gasteiger partial charge is 0.123 e.